The van der Waals surface area contributed by atoms with Crippen LogP contribution in [0.1, 0.15) is 0 Å². The minimum atomic E-state index is -1.19. The number of imide groups is 2. The van der Waals surface area contributed by atoms with Crippen molar-refractivity contribution in [2.75, 3.05) is 19.9 Å². The van der Waals surface area contributed by atoms with Gasteiger partial charge < -0.3 is 0 Å². The van der Waals surface area contributed by atoms with Crippen LogP contribution in [0.15, 0.2) is 109 Å². The third-order valence-corrected chi connectivity index (χ3v) is 9.37. The number of hydrogen-bond acceptors (Lipinski definition) is 8. The standard InChI is InChI=1S/C34H24Cl2N4O6/c35-19-11-15-21(16-12-19)37-31(41)25-27(39(45-29(25)33(37)43)23-7-3-1-4-8-23)28-26-30(46-40(28)24-9-5-2-6-10-24)34(44)38(32(26)42)22-17-13-20(36)14-18-22/h1-18,25-30H/t25-,26-,27+,28+,29-,30+/m1/s1. The highest BCUT2D eigenvalue weighted by atomic mass is 35.5. The van der Waals surface area contributed by atoms with E-state index in [0.717, 1.165) is 9.80 Å². The number of rotatable bonds is 5. The van der Waals surface area contributed by atoms with Crippen molar-refractivity contribution in [3.8, 4) is 0 Å². The van der Waals surface area contributed by atoms with Gasteiger partial charge in [-0.05, 0) is 72.8 Å². The summed E-state index contributed by atoms with van der Waals surface area (Å²) in [4.78, 5) is 71.5. The Kier molecular flexibility index (Phi) is 6.84. The van der Waals surface area contributed by atoms with Crippen molar-refractivity contribution in [2.45, 2.75) is 24.3 Å². The maximum Gasteiger partial charge on any atom is 0.266 e. The Morgan fingerprint density at radius 2 is 0.783 bits per heavy atom. The van der Waals surface area contributed by atoms with Crippen molar-refractivity contribution in [3.05, 3.63) is 119 Å². The van der Waals surface area contributed by atoms with E-state index in [4.69, 9.17) is 32.9 Å². The lowest BCUT2D eigenvalue weighted by Gasteiger charge is -2.37. The SMILES string of the molecule is O=C1[C@@H]2[C@@H]([C@@H]3[C@H]4C(=O)N(c5ccc(Cl)cc5)C(=O)[C@@H]4ON3c3ccccc3)N(c3ccccc3)O[C@@H]2C(=O)N1c1ccc(Cl)cc1. The molecule has 4 fully saturated rings. The largest absolute Gasteiger partial charge is 0.273 e. The average molecular weight is 655 g/mol. The van der Waals surface area contributed by atoms with E-state index in [1.165, 1.54) is 10.1 Å². The predicted molar refractivity (Wildman–Crippen MR) is 170 cm³/mol. The lowest BCUT2D eigenvalue weighted by molar-refractivity contribution is -0.128. The fourth-order valence-corrected chi connectivity index (χ4v) is 7.14. The number of amides is 4. The molecule has 0 bridgehead atoms. The van der Waals surface area contributed by atoms with Crippen molar-refractivity contribution in [1.82, 2.24) is 0 Å². The predicted octanol–water partition coefficient (Wildman–Crippen LogP) is 5.05. The number of hydroxylamine groups is 2. The Bertz CT molecular complexity index is 1720. The van der Waals surface area contributed by atoms with Crippen LogP contribution in [-0.2, 0) is 28.9 Å². The van der Waals surface area contributed by atoms with Gasteiger partial charge in [0, 0.05) is 10.0 Å². The summed E-state index contributed by atoms with van der Waals surface area (Å²) >= 11 is 12.2. The van der Waals surface area contributed by atoms with Crippen molar-refractivity contribution >= 4 is 69.6 Å². The van der Waals surface area contributed by atoms with Crippen LogP contribution in [0, 0.1) is 11.8 Å². The van der Waals surface area contributed by atoms with Gasteiger partial charge in [-0.15, -0.1) is 0 Å². The molecule has 4 amide bonds. The Morgan fingerprint density at radius 3 is 1.13 bits per heavy atom. The molecule has 4 aliphatic rings. The number of carbonyl (C=O) groups excluding carboxylic acids is 4. The smallest absolute Gasteiger partial charge is 0.266 e. The van der Waals surface area contributed by atoms with Gasteiger partial charge in [0.25, 0.3) is 11.8 Å². The topological polar surface area (TPSA) is 99.7 Å². The normalized spacial score (nSPS) is 27.2. The third-order valence-electron chi connectivity index (χ3n) is 8.86. The second kappa shape index (κ2) is 11.0. The molecule has 0 aromatic heterocycles. The zero-order valence-electron chi connectivity index (χ0n) is 23.9. The second-order valence-electron chi connectivity index (χ2n) is 11.4. The molecule has 0 spiro atoms. The molecule has 4 heterocycles. The average Bonchev–Trinajstić information content (AvgIpc) is 3.78. The third kappa shape index (κ3) is 4.33. The summed E-state index contributed by atoms with van der Waals surface area (Å²) in [5, 5.41) is 3.96. The maximum atomic E-state index is 14.4. The van der Waals surface area contributed by atoms with E-state index in [1.807, 2.05) is 36.4 Å². The zero-order chi connectivity index (χ0) is 31.7. The molecule has 0 aliphatic carbocycles. The number of carbonyl (C=O) groups is 4. The molecule has 4 aliphatic heterocycles. The van der Waals surface area contributed by atoms with Crippen LogP contribution in [0.3, 0.4) is 0 Å². The van der Waals surface area contributed by atoms with Crippen LogP contribution in [-0.4, -0.2) is 47.9 Å². The number of hydrogen-bond donors (Lipinski definition) is 0. The Labute approximate surface area is 273 Å². The molecular weight excluding hydrogens is 631 g/mol. The molecule has 4 saturated heterocycles. The van der Waals surface area contributed by atoms with Crippen molar-refractivity contribution in [3.63, 3.8) is 0 Å². The molecular formula is C34H24Cl2N4O6. The highest BCUT2D eigenvalue weighted by molar-refractivity contribution is 6.31. The molecule has 4 aromatic rings. The Balaban J connectivity index is 1.27. The monoisotopic (exact) mass is 654 g/mol. The molecule has 8 rings (SSSR count). The van der Waals surface area contributed by atoms with Crippen LogP contribution in [0.4, 0.5) is 22.7 Å². The van der Waals surface area contributed by atoms with Gasteiger partial charge in [0.2, 0.25) is 11.8 Å². The number of anilines is 4. The van der Waals surface area contributed by atoms with E-state index in [1.54, 1.807) is 72.8 Å². The van der Waals surface area contributed by atoms with Crippen molar-refractivity contribution in [1.29, 1.82) is 0 Å². The first-order valence-electron chi connectivity index (χ1n) is 14.6. The summed E-state index contributed by atoms with van der Waals surface area (Å²) in [7, 11) is 0. The number of para-hydroxylation sites is 2. The summed E-state index contributed by atoms with van der Waals surface area (Å²) in [6.45, 7) is 0. The summed E-state index contributed by atoms with van der Waals surface area (Å²) in [6.07, 6.45) is -2.38. The lowest BCUT2D eigenvalue weighted by Crippen LogP contribution is -2.55. The first-order chi connectivity index (χ1) is 22.3. The fourth-order valence-electron chi connectivity index (χ4n) is 6.89. The van der Waals surface area contributed by atoms with E-state index in [9.17, 15) is 19.2 Å². The Hall–Kier alpha value is -4.74. The molecule has 10 nitrogen and oxygen atoms in total. The van der Waals surface area contributed by atoms with E-state index >= 15 is 0 Å². The summed E-state index contributed by atoms with van der Waals surface area (Å²) < 4.78 is 0. The molecule has 46 heavy (non-hydrogen) atoms. The molecule has 12 heteroatoms. The van der Waals surface area contributed by atoms with Gasteiger partial charge in [0.1, 0.15) is 11.8 Å². The first kappa shape index (κ1) is 28.7. The molecule has 0 unspecified atom stereocenters. The van der Waals surface area contributed by atoms with Crippen molar-refractivity contribution < 1.29 is 28.9 Å². The molecule has 4 aromatic carbocycles. The molecule has 0 saturated carbocycles. The minimum absolute atomic E-state index is 0.351. The Morgan fingerprint density at radius 1 is 0.435 bits per heavy atom. The molecule has 230 valence electrons. The van der Waals surface area contributed by atoms with Gasteiger partial charge in [-0.3, -0.25) is 28.9 Å². The number of halogens is 2. The van der Waals surface area contributed by atoms with Crippen LogP contribution >= 0.6 is 23.2 Å². The summed E-state index contributed by atoms with van der Waals surface area (Å²) in [5.74, 6) is -4.17. The minimum Gasteiger partial charge on any atom is -0.273 e. The molecule has 6 atom stereocenters. The van der Waals surface area contributed by atoms with E-state index < -0.39 is 59.8 Å². The highest BCUT2D eigenvalue weighted by Gasteiger charge is 2.69. The van der Waals surface area contributed by atoms with Crippen LogP contribution in [0.2, 0.25) is 10.0 Å². The van der Waals surface area contributed by atoms with Gasteiger partial charge >= 0.3 is 0 Å². The molecule has 0 radical (unpaired) electrons. The van der Waals surface area contributed by atoms with Crippen LogP contribution in [0.5, 0.6) is 0 Å². The van der Waals surface area contributed by atoms with Crippen LogP contribution < -0.4 is 19.9 Å². The van der Waals surface area contributed by atoms with E-state index in [2.05, 4.69) is 0 Å². The van der Waals surface area contributed by atoms with Gasteiger partial charge in [-0.2, -0.15) is 0 Å². The van der Waals surface area contributed by atoms with Crippen molar-refractivity contribution in [2.24, 2.45) is 11.8 Å². The molecule has 0 N–H and O–H groups in total. The van der Waals surface area contributed by atoms with Gasteiger partial charge in [0.15, 0.2) is 12.2 Å². The first-order valence-corrected chi connectivity index (χ1v) is 15.4. The zero-order valence-corrected chi connectivity index (χ0v) is 25.4. The van der Waals surface area contributed by atoms with Gasteiger partial charge in [-0.1, -0.05) is 59.6 Å². The second-order valence-corrected chi connectivity index (χ2v) is 12.3. The lowest BCUT2D eigenvalue weighted by atomic mass is 9.82. The summed E-state index contributed by atoms with van der Waals surface area (Å²) in [6, 6.07) is 29.0. The summed E-state index contributed by atoms with van der Waals surface area (Å²) in [5.41, 5.74) is 1.85. The van der Waals surface area contributed by atoms with Gasteiger partial charge in [0.05, 0.1) is 34.8 Å². The quantitative estimate of drug-likeness (QED) is 0.276. The number of benzene rings is 4. The van der Waals surface area contributed by atoms with Gasteiger partial charge in [-0.25, -0.2) is 19.9 Å². The van der Waals surface area contributed by atoms with E-state index in [0.29, 0.717) is 32.8 Å². The highest BCUT2D eigenvalue weighted by Crippen LogP contribution is 2.49. The van der Waals surface area contributed by atoms with Crippen LogP contribution in [0.25, 0.3) is 0 Å². The van der Waals surface area contributed by atoms with E-state index in [-0.39, 0.29) is 0 Å². The fraction of sp³-hybridized carbons (Fsp3) is 0.176. The number of nitrogens with zero attached hydrogens (tertiary/aromatic N) is 4. The number of fused-ring (bicyclic) bond motifs is 2. The maximum absolute atomic E-state index is 14.4.